The fourth-order valence-electron chi connectivity index (χ4n) is 3.73. The maximum Gasteiger partial charge on any atom is 0.139 e. The van der Waals surface area contributed by atoms with E-state index in [4.69, 9.17) is 0 Å². The van der Waals surface area contributed by atoms with Crippen LogP contribution in [0.5, 0.6) is 5.75 Å². The molecule has 4 rings (SSSR count). The number of nitrogens with zero attached hydrogens (tertiary/aromatic N) is 2. The topological polar surface area (TPSA) is 26.7 Å². The maximum atomic E-state index is 10.4. The van der Waals surface area contributed by atoms with Crippen LogP contribution in [0.4, 0.5) is 5.69 Å². The summed E-state index contributed by atoms with van der Waals surface area (Å²) in [7, 11) is 2.18. The van der Waals surface area contributed by atoms with E-state index >= 15 is 0 Å². The molecule has 2 aliphatic rings. The largest absolute Gasteiger partial charge is 0.506 e. The molecular formula is C18H20N2O. The molecule has 1 atom stereocenters. The second kappa shape index (κ2) is 4.78. The van der Waals surface area contributed by atoms with Gasteiger partial charge >= 0.3 is 0 Å². The van der Waals surface area contributed by atoms with Crippen LogP contribution in [-0.2, 0) is 6.42 Å². The highest BCUT2D eigenvalue weighted by Crippen LogP contribution is 2.43. The van der Waals surface area contributed by atoms with Crippen molar-refractivity contribution in [2.45, 2.75) is 12.5 Å². The monoisotopic (exact) mass is 280 g/mol. The number of fused-ring (bicyclic) bond motifs is 5. The van der Waals surface area contributed by atoms with Crippen LogP contribution in [0.2, 0.25) is 0 Å². The van der Waals surface area contributed by atoms with Gasteiger partial charge in [0.15, 0.2) is 0 Å². The van der Waals surface area contributed by atoms with Crippen molar-refractivity contribution in [2.75, 3.05) is 31.6 Å². The average molecular weight is 280 g/mol. The van der Waals surface area contributed by atoms with E-state index in [1.165, 1.54) is 16.7 Å². The van der Waals surface area contributed by atoms with Gasteiger partial charge < -0.3 is 14.9 Å². The molecule has 0 aromatic heterocycles. The Morgan fingerprint density at radius 2 is 1.81 bits per heavy atom. The van der Waals surface area contributed by atoms with Gasteiger partial charge in [0.05, 0.1) is 11.7 Å². The van der Waals surface area contributed by atoms with Crippen LogP contribution in [0.15, 0.2) is 42.5 Å². The van der Waals surface area contributed by atoms with E-state index in [0.717, 1.165) is 31.7 Å². The molecule has 0 bridgehead atoms. The van der Waals surface area contributed by atoms with Gasteiger partial charge in [-0.3, -0.25) is 0 Å². The molecule has 3 heteroatoms. The predicted octanol–water partition coefficient (Wildman–Crippen LogP) is 2.79. The molecule has 1 N–H and O–H groups in total. The summed E-state index contributed by atoms with van der Waals surface area (Å²) < 4.78 is 0. The second-order valence-corrected chi connectivity index (χ2v) is 6.13. The number of hydrogen-bond donors (Lipinski definition) is 1. The van der Waals surface area contributed by atoms with Gasteiger partial charge in [0.1, 0.15) is 5.75 Å². The Labute approximate surface area is 125 Å². The van der Waals surface area contributed by atoms with Crippen molar-refractivity contribution in [2.24, 2.45) is 0 Å². The molecule has 0 spiro atoms. The normalized spacial score (nSPS) is 21.2. The summed E-state index contributed by atoms with van der Waals surface area (Å²) in [5.41, 5.74) is 5.05. The van der Waals surface area contributed by atoms with Crippen molar-refractivity contribution in [3.05, 3.63) is 59.2 Å². The van der Waals surface area contributed by atoms with Gasteiger partial charge in [-0.05, 0) is 36.2 Å². The predicted molar refractivity (Wildman–Crippen MR) is 84.9 cm³/mol. The Kier molecular flexibility index (Phi) is 2.89. The number of hydrogen-bond acceptors (Lipinski definition) is 3. The summed E-state index contributed by atoms with van der Waals surface area (Å²) >= 11 is 0. The molecule has 3 nitrogen and oxygen atoms in total. The molecule has 0 amide bonds. The van der Waals surface area contributed by atoms with Crippen LogP contribution in [0, 0.1) is 0 Å². The number of phenolic OH excluding ortho intramolecular Hbond substituents is 1. The van der Waals surface area contributed by atoms with Gasteiger partial charge in [0.25, 0.3) is 0 Å². The third-order valence-electron chi connectivity index (χ3n) is 4.76. The Balaban J connectivity index is 1.93. The smallest absolute Gasteiger partial charge is 0.139 e. The van der Waals surface area contributed by atoms with Gasteiger partial charge in [-0.1, -0.05) is 36.4 Å². The highest BCUT2D eigenvalue weighted by molar-refractivity contribution is 5.67. The van der Waals surface area contributed by atoms with Gasteiger partial charge in [-0.25, -0.2) is 0 Å². The summed E-state index contributed by atoms with van der Waals surface area (Å²) in [6.07, 6.45) is 0.899. The van der Waals surface area contributed by atoms with E-state index in [2.05, 4.69) is 47.2 Å². The molecule has 1 saturated heterocycles. The number of aromatic hydroxyl groups is 1. The summed E-state index contributed by atoms with van der Waals surface area (Å²) in [5, 5.41) is 10.4. The van der Waals surface area contributed by atoms with Crippen LogP contribution in [0.3, 0.4) is 0 Å². The van der Waals surface area contributed by atoms with Crippen molar-refractivity contribution >= 4 is 5.69 Å². The fraction of sp³-hybridized carbons (Fsp3) is 0.333. The fourth-order valence-corrected chi connectivity index (χ4v) is 3.73. The van der Waals surface area contributed by atoms with Crippen molar-refractivity contribution in [1.82, 2.24) is 4.90 Å². The van der Waals surface area contributed by atoms with Gasteiger partial charge in [0.2, 0.25) is 0 Å². The quantitative estimate of drug-likeness (QED) is 0.804. The van der Waals surface area contributed by atoms with Crippen LogP contribution in [-0.4, -0.2) is 36.7 Å². The lowest BCUT2D eigenvalue weighted by Gasteiger charge is -2.41. The first kappa shape index (κ1) is 12.7. The number of para-hydroxylation sites is 1. The average Bonchev–Trinajstić information content (AvgIpc) is 2.62. The third kappa shape index (κ3) is 2.00. The Hall–Kier alpha value is -2.00. The third-order valence-corrected chi connectivity index (χ3v) is 4.76. The molecule has 2 aromatic carbocycles. The molecule has 2 aliphatic heterocycles. The molecule has 0 aliphatic carbocycles. The van der Waals surface area contributed by atoms with E-state index in [1.807, 2.05) is 12.1 Å². The zero-order valence-electron chi connectivity index (χ0n) is 12.3. The summed E-state index contributed by atoms with van der Waals surface area (Å²) in [6.45, 7) is 3.00. The minimum atomic E-state index is 0.328. The minimum Gasteiger partial charge on any atom is -0.506 e. The zero-order chi connectivity index (χ0) is 14.4. The molecular weight excluding hydrogens is 260 g/mol. The molecule has 1 unspecified atom stereocenters. The SMILES string of the molecule is CN1CCN2c3c(O)cccc3Cc3ccccc3C2C1. The Bertz CT molecular complexity index is 683. The van der Waals surface area contributed by atoms with E-state index in [-0.39, 0.29) is 0 Å². The van der Waals surface area contributed by atoms with E-state index in [0.29, 0.717) is 11.8 Å². The van der Waals surface area contributed by atoms with Crippen molar-refractivity contribution < 1.29 is 5.11 Å². The summed E-state index contributed by atoms with van der Waals surface area (Å²) in [4.78, 5) is 4.78. The van der Waals surface area contributed by atoms with Crippen LogP contribution < -0.4 is 4.90 Å². The first-order valence-corrected chi connectivity index (χ1v) is 7.58. The Morgan fingerprint density at radius 3 is 2.71 bits per heavy atom. The van der Waals surface area contributed by atoms with E-state index in [1.54, 1.807) is 0 Å². The molecule has 1 fully saturated rings. The van der Waals surface area contributed by atoms with Crippen LogP contribution in [0.1, 0.15) is 22.7 Å². The summed E-state index contributed by atoms with van der Waals surface area (Å²) in [6, 6.07) is 14.9. The van der Waals surface area contributed by atoms with Crippen LogP contribution >= 0.6 is 0 Å². The minimum absolute atomic E-state index is 0.328. The lowest BCUT2D eigenvalue weighted by atomic mass is 9.96. The van der Waals surface area contributed by atoms with Crippen molar-refractivity contribution in [1.29, 1.82) is 0 Å². The first-order valence-electron chi connectivity index (χ1n) is 7.58. The molecule has 0 radical (unpaired) electrons. The van der Waals surface area contributed by atoms with E-state index < -0.39 is 0 Å². The molecule has 21 heavy (non-hydrogen) atoms. The molecule has 0 saturated carbocycles. The number of anilines is 1. The lowest BCUT2D eigenvalue weighted by molar-refractivity contribution is 0.268. The second-order valence-electron chi connectivity index (χ2n) is 6.13. The first-order chi connectivity index (χ1) is 10.2. The number of benzene rings is 2. The highest BCUT2D eigenvalue weighted by atomic mass is 16.3. The van der Waals surface area contributed by atoms with Crippen molar-refractivity contribution in [3.8, 4) is 5.75 Å². The highest BCUT2D eigenvalue weighted by Gasteiger charge is 2.33. The Morgan fingerprint density at radius 1 is 1.00 bits per heavy atom. The number of phenols is 1. The molecule has 2 aromatic rings. The van der Waals surface area contributed by atoms with Gasteiger partial charge in [-0.2, -0.15) is 0 Å². The number of rotatable bonds is 0. The number of likely N-dealkylation sites (N-methyl/N-ethyl adjacent to an activating group) is 1. The molecule has 2 heterocycles. The van der Waals surface area contributed by atoms with Gasteiger partial charge in [-0.15, -0.1) is 0 Å². The summed E-state index contributed by atoms with van der Waals surface area (Å²) in [5.74, 6) is 0.412. The lowest BCUT2D eigenvalue weighted by Crippen LogP contribution is -2.47. The molecule has 108 valence electrons. The van der Waals surface area contributed by atoms with Gasteiger partial charge in [0, 0.05) is 19.6 Å². The number of piperazine rings is 1. The maximum absolute atomic E-state index is 10.4. The zero-order valence-corrected chi connectivity index (χ0v) is 12.3. The standard InChI is InChI=1S/C18H20N2O/c1-19-9-10-20-16(12-19)15-7-3-2-5-13(15)11-14-6-4-8-17(21)18(14)20/h2-8,16,21H,9-12H2,1H3. The van der Waals surface area contributed by atoms with Crippen LogP contribution in [0.25, 0.3) is 0 Å². The van der Waals surface area contributed by atoms with E-state index in [9.17, 15) is 5.11 Å². The van der Waals surface area contributed by atoms with Crippen molar-refractivity contribution in [3.63, 3.8) is 0 Å².